The highest BCUT2D eigenvalue weighted by atomic mass is 16.6. The number of ether oxygens (including phenoxy) is 3. The van der Waals surface area contributed by atoms with E-state index in [1.807, 2.05) is 49.7 Å². The van der Waals surface area contributed by atoms with Crippen LogP contribution in [0.1, 0.15) is 24.0 Å². The molecule has 2 aliphatic rings. The molecule has 5 rings (SSSR count). The summed E-state index contributed by atoms with van der Waals surface area (Å²) >= 11 is 0. The third-order valence-corrected chi connectivity index (χ3v) is 5.73. The Morgan fingerprint density at radius 2 is 2.03 bits per heavy atom. The first kappa shape index (κ1) is 21.2. The van der Waals surface area contributed by atoms with Gasteiger partial charge in [-0.15, -0.1) is 0 Å². The third kappa shape index (κ3) is 4.61. The predicted octanol–water partition coefficient (Wildman–Crippen LogP) is 3.98. The second-order valence-electron chi connectivity index (χ2n) is 8.24. The minimum Gasteiger partial charge on any atom is -0.486 e. The minimum atomic E-state index is -0.102. The molecule has 0 bridgehead atoms. The molecule has 1 unspecified atom stereocenters. The number of carbonyl (C=O) groups excluding carboxylic acids is 1. The summed E-state index contributed by atoms with van der Waals surface area (Å²) in [5.41, 5.74) is 1.90. The van der Waals surface area contributed by atoms with Crippen LogP contribution in [0.3, 0.4) is 0 Å². The van der Waals surface area contributed by atoms with Gasteiger partial charge in [0, 0.05) is 43.4 Å². The van der Waals surface area contributed by atoms with Crippen molar-refractivity contribution < 1.29 is 19.0 Å². The molecule has 1 aromatic carbocycles. The van der Waals surface area contributed by atoms with Gasteiger partial charge in [-0.05, 0) is 42.0 Å². The van der Waals surface area contributed by atoms with Gasteiger partial charge in [-0.25, -0.2) is 9.97 Å². The zero-order chi connectivity index (χ0) is 22.8. The van der Waals surface area contributed by atoms with Gasteiger partial charge in [0.1, 0.15) is 18.2 Å². The Morgan fingerprint density at radius 3 is 2.82 bits per heavy atom. The van der Waals surface area contributed by atoms with Crippen LogP contribution in [0, 0.1) is 5.92 Å². The lowest BCUT2D eigenvalue weighted by Crippen LogP contribution is -2.32. The fraction of sp³-hybridized carbons (Fsp3) is 0.320. The normalized spacial score (nSPS) is 17.3. The van der Waals surface area contributed by atoms with E-state index in [1.165, 1.54) is 0 Å². The molecule has 33 heavy (non-hydrogen) atoms. The summed E-state index contributed by atoms with van der Waals surface area (Å²) in [6, 6.07) is 7.74. The number of pyridine rings is 2. The van der Waals surface area contributed by atoms with Crippen molar-refractivity contribution in [3.63, 3.8) is 0 Å². The summed E-state index contributed by atoms with van der Waals surface area (Å²) in [7, 11) is 3.47. The summed E-state index contributed by atoms with van der Waals surface area (Å²) in [4.78, 5) is 21.1. The van der Waals surface area contributed by atoms with Crippen LogP contribution in [0.15, 0.2) is 36.7 Å². The molecular formula is C25H26N4O4. The van der Waals surface area contributed by atoms with Gasteiger partial charge in [-0.3, -0.25) is 4.79 Å². The molecule has 1 saturated carbocycles. The fourth-order valence-corrected chi connectivity index (χ4v) is 3.82. The number of nitrogens with zero attached hydrogens (tertiary/aromatic N) is 2. The number of benzene rings is 1. The van der Waals surface area contributed by atoms with Crippen LogP contribution in [-0.4, -0.2) is 49.4 Å². The minimum absolute atomic E-state index is 0.0332. The van der Waals surface area contributed by atoms with E-state index in [0.717, 1.165) is 40.6 Å². The van der Waals surface area contributed by atoms with E-state index in [4.69, 9.17) is 14.2 Å². The van der Waals surface area contributed by atoms with Crippen LogP contribution in [0.25, 0.3) is 22.9 Å². The van der Waals surface area contributed by atoms with Crippen LogP contribution in [0.2, 0.25) is 0 Å². The smallest absolute Gasteiger partial charge is 0.228 e. The number of amides is 1. The van der Waals surface area contributed by atoms with E-state index in [1.54, 1.807) is 13.3 Å². The maximum absolute atomic E-state index is 12.2. The van der Waals surface area contributed by atoms with Crippen molar-refractivity contribution in [3.05, 3.63) is 47.8 Å². The number of nitrogens with one attached hydrogen (secondary N) is 2. The van der Waals surface area contributed by atoms with Crippen molar-refractivity contribution in [2.45, 2.75) is 18.9 Å². The number of hydrogen-bond acceptors (Lipinski definition) is 7. The van der Waals surface area contributed by atoms with Crippen LogP contribution in [-0.2, 0) is 9.53 Å². The first-order valence-electron chi connectivity index (χ1n) is 11.0. The maximum atomic E-state index is 12.2. The second-order valence-corrected chi connectivity index (χ2v) is 8.24. The fourth-order valence-electron chi connectivity index (χ4n) is 3.82. The number of fused-ring (bicyclic) bond motifs is 2. The monoisotopic (exact) mass is 446 g/mol. The average Bonchev–Trinajstić information content (AvgIpc) is 3.68. The number of carbonyl (C=O) groups is 1. The molecule has 3 aromatic rings. The van der Waals surface area contributed by atoms with Crippen LogP contribution in [0.4, 0.5) is 11.6 Å². The van der Waals surface area contributed by atoms with Crippen LogP contribution in [0.5, 0.6) is 11.5 Å². The zero-order valence-corrected chi connectivity index (χ0v) is 18.6. The number of anilines is 2. The Balaban J connectivity index is 1.42. The van der Waals surface area contributed by atoms with Gasteiger partial charge in [0.15, 0.2) is 17.6 Å². The lowest BCUT2D eigenvalue weighted by Gasteiger charge is -2.26. The van der Waals surface area contributed by atoms with E-state index in [0.29, 0.717) is 30.5 Å². The molecule has 1 fully saturated rings. The Labute approximate surface area is 192 Å². The first-order valence-corrected chi connectivity index (χ1v) is 11.0. The Kier molecular flexibility index (Phi) is 5.83. The summed E-state index contributed by atoms with van der Waals surface area (Å²) in [6.45, 7) is 0.943. The van der Waals surface area contributed by atoms with Gasteiger partial charge in [0.05, 0.1) is 6.61 Å². The summed E-state index contributed by atoms with van der Waals surface area (Å²) in [5, 5.41) is 7.87. The SMILES string of the molecule is CNc1ncc(C=Cc2ccc3c(c2)OCC(COC)O3)c2cc(NC(=O)C3CC3)ncc12. The summed E-state index contributed by atoms with van der Waals surface area (Å²) in [5.74, 6) is 2.87. The maximum Gasteiger partial charge on any atom is 0.228 e. The van der Waals surface area contributed by atoms with E-state index in [-0.39, 0.29) is 17.9 Å². The van der Waals surface area contributed by atoms with E-state index in [9.17, 15) is 4.79 Å². The van der Waals surface area contributed by atoms with Crippen LogP contribution < -0.4 is 20.1 Å². The molecule has 1 aliphatic heterocycles. The Hall–Kier alpha value is -3.65. The van der Waals surface area contributed by atoms with Gasteiger partial charge < -0.3 is 24.8 Å². The molecule has 1 amide bonds. The van der Waals surface area contributed by atoms with Gasteiger partial charge in [-0.2, -0.15) is 0 Å². The predicted molar refractivity (Wildman–Crippen MR) is 128 cm³/mol. The lowest BCUT2D eigenvalue weighted by atomic mass is 10.1. The molecule has 2 aromatic heterocycles. The molecule has 0 radical (unpaired) electrons. The molecule has 1 aliphatic carbocycles. The van der Waals surface area contributed by atoms with E-state index in [2.05, 4.69) is 20.6 Å². The number of methoxy groups -OCH3 is 1. The quantitative estimate of drug-likeness (QED) is 0.567. The molecular weight excluding hydrogens is 420 g/mol. The standard InChI is InChI=1S/C25H26N4O4/c1-26-24-20-12-27-23(29-25(30)16-6-7-16)10-19(20)17(11-28-24)5-3-15-4-8-21-22(9-15)32-14-18(33-21)13-31-2/h3-5,8-12,16,18H,6-7,13-14H2,1-2H3,(H,26,28)(H,27,29,30). The lowest BCUT2D eigenvalue weighted by molar-refractivity contribution is -0.117. The van der Waals surface area contributed by atoms with E-state index >= 15 is 0 Å². The van der Waals surface area contributed by atoms with Crippen LogP contribution >= 0.6 is 0 Å². The highest BCUT2D eigenvalue weighted by Crippen LogP contribution is 2.34. The van der Waals surface area contributed by atoms with Crippen molar-refractivity contribution in [2.75, 3.05) is 38.0 Å². The topological polar surface area (TPSA) is 94.6 Å². The zero-order valence-electron chi connectivity index (χ0n) is 18.6. The van der Waals surface area contributed by atoms with Gasteiger partial charge in [0.25, 0.3) is 0 Å². The van der Waals surface area contributed by atoms with E-state index < -0.39 is 0 Å². The molecule has 1 atom stereocenters. The third-order valence-electron chi connectivity index (χ3n) is 5.73. The Morgan fingerprint density at radius 1 is 1.15 bits per heavy atom. The summed E-state index contributed by atoms with van der Waals surface area (Å²) < 4.78 is 16.9. The van der Waals surface area contributed by atoms with Crippen molar-refractivity contribution in [2.24, 2.45) is 5.92 Å². The second kappa shape index (κ2) is 9.07. The largest absolute Gasteiger partial charge is 0.486 e. The number of aromatic nitrogens is 2. The van der Waals surface area contributed by atoms with Crippen molar-refractivity contribution in [1.82, 2.24) is 9.97 Å². The van der Waals surface area contributed by atoms with Gasteiger partial charge in [-0.1, -0.05) is 18.2 Å². The average molecular weight is 447 g/mol. The molecule has 8 nitrogen and oxygen atoms in total. The Bertz CT molecular complexity index is 1220. The van der Waals surface area contributed by atoms with Gasteiger partial charge >= 0.3 is 0 Å². The number of rotatable bonds is 7. The van der Waals surface area contributed by atoms with Crippen molar-refractivity contribution >= 4 is 40.5 Å². The molecule has 3 heterocycles. The highest BCUT2D eigenvalue weighted by Gasteiger charge is 2.29. The molecule has 2 N–H and O–H groups in total. The first-order chi connectivity index (χ1) is 16.1. The summed E-state index contributed by atoms with van der Waals surface area (Å²) in [6.07, 6.45) is 9.35. The highest BCUT2D eigenvalue weighted by molar-refractivity contribution is 6.01. The van der Waals surface area contributed by atoms with Crippen molar-refractivity contribution in [1.29, 1.82) is 0 Å². The molecule has 0 spiro atoms. The van der Waals surface area contributed by atoms with Gasteiger partial charge in [0.2, 0.25) is 5.91 Å². The molecule has 170 valence electrons. The van der Waals surface area contributed by atoms with Crippen molar-refractivity contribution in [3.8, 4) is 11.5 Å². The molecule has 0 saturated heterocycles. The number of hydrogen-bond donors (Lipinski definition) is 2. The molecule has 8 heteroatoms.